The number of ketones is 1. The van der Waals surface area contributed by atoms with Crippen molar-refractivity contribution in [1.29, 1.82) is 0 Å². The van der Waals surface area contributed by atoms with Crippen molar-refractivity contribution >= 4 is 23.8 Å². The van der Waals surface area contributed by atoms with Crippen molar-refractivity contribution < 1.29 is 29.0 Å². The molecule has 8 heteroatoms. The molecule has 0 saturated carbocycles. The fourth-order valence-corrected chi connectivity index (χ4v) is 3.65. The molecule has 0 bridgehead atoms. The predicted molar refractivity (Wildman–Crippen MR) is 113 cm³/mol. The van der Waals surface area contributed by atoms with Crippen molar-refractivity contribution in [3.8, 4) is 11.1 Å². The number of carboxylic acid groups (broad SMARTS) is 1. The van der Waals surface area contributed by atoms with E-state index in [4.69, 9.17) is 9.84 Å². The van der Waals surface area contributed by atoms with Crippen molar-refractivity contribution in [2.75, 3.05) is 13.2 Å². The van der Waals surface area contributed by atoms with Crippen LogP contribution in [0.25, 0.3) is 11.1 Å². The Morgan fingerprint density at radius 2 is 1.58 bits per heavy atom. The molecule has 0 radical (unpaired) electrons. The quantitative estimate of drug-likeness (QED) is 0.568. The molecule has 2 aromatic carbocycles. The SMILES string of the molecule is CC(=O)CNC(=O)C(CCC(=O)O)NC(=O)OCC1c2ccccc2-c2ccccc21. The van der Waals surface area contributed by atoms with Gasteiger partial charge in [0.1, 0.15) is 18.4 Å². The molecule has 1 aliphatic carbocycles. The minimum absolute atomic E-state index is 0.0700. The van der Waals surface area contributed by atoms with E-state index in [0.29, 0.717) is 0 Å². The number of hydrogen-bond donors (Lipinski definition) is 3. The van der Waals surface area contributed by atoms with Crippen LogP contribution in [0.4, 0.5) is 4.79 Å². The lowest BCUT2D eigenvalue weighted by Crippen LogP contribution is -2.48. The van der Waals surface area contributed by atoms with Gasteiger partial charge in [-0.1, -0.05) is 48.5 Å². The van der Waals surface area contributed by atoms with Gasteiger partial charge in [-0.05, 0) is 35.6 Å². The third-order valence-electron chi connectivity index (χ3n) is 5.11. The monoisotopic (exact) mass is 424 g/mol. The molecule has 2 amide bonds. The van der Waals surface area contributed by atoms with Gasteiger partial charge < -0.3 is 20.5 Å². The molecule has 1 aliphatic rings. The van der Waals surface area contributed by atoms with Crippen LogP contribution in [0, 0.1) is 0 Å². The number of fused-ring (bicyclic) bond motifs is 3. The van der Waals surface area contributed by atoms with Crippen molar-refractivity contribution in [3.63, 3.8) is 0 Å². The van der Waals surface area contributed by atoms with Crippen LogP contribution < -0.4 is 10.6 Å². The number of ether oxygens (including phenoxy) is 1. The third kappa shape index (κ3) is 5.48. The first-order chi connectivity index (χ1) is 14.9. The molecule has 0 saturated heterocycles. The fourth-order valence-electron chi connectivity index (χ4n) is 3.65. The average Bonchev–Trinajstić information content (AvgIpc) is 3.07. The van der Waals surface area contributed by atoms with Gasteiger partial charge in [0.05, 0.1) is 6.54 Å². The Bertz CT molecular complexity index is 958. The molecule has 1 atom stereocenters. The highest BCUT2D eigenvalue weighted by Crippen LogP contribution is 2.44. The zero-order chi connectivity index (χ0) is 22.4. The van der Waals surface area contributed by atoms with Gasteiger partial charge >= 0.3 is 12.1 Å². The molecular weight excluding hydrogens is 400 g/mol. The second-order valence-corrected chi connectivity index (χ2v) is 7.37. The minimum Gasteiger partial charge on any atom is -0.481 e. The molecule has 2 aromatic rings. The minimum atomic E-state index is -1.12. The highest BCUT2D eigenvalue weighted by Gasteiger charge is 2.30. The predicted octanol–water partition coefficient (Wildman–Crippen LogP) is 2.46. The van der Waals surface area contributed by atoms with Crippen LogP contribution in [-0.4, -0.2) is 48.1 Å². The van der Waals surface area contributed by atoms with E-state index in [-0.39, 0.29) is 37.7 Å². The number of carbonyl (C=O) groups is 4. The van der Waals surface area contributed by atoms with Gasteiger partial charge in [-0.25, -0.2) is 4.79 Å². The molecule has 0 heterocycles. The number of aliphatic carboxylic acids is 1. The zero-order valence-electron chi connectivity index (χ0n) is 17.1. The van der Waals surface area contributed by atoms with Gasteiger partial charge in [0.25, 0.3) is 0 Å². The summed E-state index contributed by atoms with van der Waals surface area (Å²) in [5.74, 6) is -2.13. The summed E-state index contributed by atoms with van der Waals surface area (Å²) in [4.78, 5) is 46.6. The maximum atomic E-state index is 12.4. The van der Waals surface area contributed by atoms with Crippen LogP contribution in [0.2, 0.25) is 0 Å². The Kier molecular flexibility index (Phi) is 7.02. The van der Waals surface area contributed by atoms with E-state index in [1.807, 2.05) is 48.5 Å². The fraction of sp³-hybridized carbons (Fsp3) is 0.304. The topological polar surface area (TPSA) is 122 Å². The van der Waals surface area contributed by atoms with Gasteiger partial charge in [-0.3, -0.25) is 14.4 Å². The van der Waals surface area contributed by atoms with Crippen LogP contribution in [0.5, 0.6) is 0 Å². The van der Waals surface area contributed by atoms with Gasteiger partial charge in [0.2, 0.25) is 5.91 Å². The highest BCUT2D eigenvalue weighted by atomic mass is 16.5. The van der Waals surface area contributed by atoms with Crippen molar-refractivity contribution in [1.82, 2.24) is 10.6 Å². The Morgan fingerprint density at radius 3 is 2.13 bits per heavy atom. The number of nitrogens with one attached hydrogen (secondary N) is 2. The number of Topliss-reactive ketones (excluding diaryl/α,β-unsaturated/α-hetero) is 1. The molecule has 1 unspecified atom stereocenters. The van der Waals surface area contributed by atoms with Crippen LogP contribution in [0.1, 0.15) is 36.8 Å². The molecule has 3 N–H and O–H groups in total. The van der Waals surface area contributed by atoms with Crippen LogP contribution >= 0.6 is 0 Å². The summed E-state index contributed by atoms with van der Waals surface area (Å²) < 4.78 is 5.41. The third-order valence-corrected chi connectivity index (χ3v) is 5.11. The first-order valence-corrected chi connectivity index (χ1v) is 9.97. The summed E-state index contributed by atoms with van der Waals surface area (Å²) in [5, 5.41) is 13.7. The van der Waals surface area contributed by atoms with E-state index < -0.39 is 24.0 Å². The van der Waals surface area contributed by atoms with Gasteiger partial charge in [-0.15, -0.1) is 0 Å². The van der Waals surface area contributed by atoms with Crippen LogP contribution in [-0.2, 0) is 19.1 Å². The number of carbonyl (C=O) groups excluding carboxylic acids is 3. The Balaban J connectivity index is 1.65. The van der Waals surface area contributed by atoms with Crippen LogP contribution in [0.3, 0.4) is 0 Å². The Labute approximate surface area is 179 Å². The van der Waals surface area contributed by atoms with E-state index in [1.54, 1.807) is 0 Å². The van der Waals surface area contributed by atoms with E-state index in [1.165, 1.54) is 6.92 Å². The number of benzene rings is 2. The molecule has 0 aliphatic heterocycles. The Hall–Kier alpha value is -3.68. The molecule has 0 aromatic heterocycles. The molecular formula is C23H24N2O6. The first-order valence-electron chi connectivity index (χ1n) is 9.97. The molecule has 0 fully saturated rings. The summed E-state index contributed by atoms with van der Waals surface area (Å²) in [7, 11) is 0. The molecule has 31 heavy (non-hydrogen) atoms. The van der Waals surface area contributed by atoms with Crippen molar-refractivity contribution in [3.05, 3.63) is 59.7 Å². The number of rotatable bonds is 9. The first kappa shape index (κ1) is 22.0. The standard InChI is InChI=1S/C23H24N2O6/c1-14(26)12-24-22(29)20(10-11-21(27)28)25-23(30)31-13-19-17-8-4-2-6-15(17)16-7-3-5-9-18(16)19/h2-9,19-20H,10-13H2,1H3,(H,24,29)(H,25,30)(H,27,28). The molecule has 162 valence electrons. The highest BCUT2D eigenvalue weighted by molar-refractivity contribution is 5.89. The summed E-state index contributed by atoms with van der Waals surface area (Å²) in [6.45, 7) is 1.18. The lowest BCUT2D eigenvalue weighted by Gasteiger charge is -2.19. The van der Waals surface area contributed by atoms with Gasteiger partial charge in [-0.2, -0.15) is 0 Å². The van der Waals surface area contributed by atoms with Gasteiger partial charge in [0, 0.05) is 12.3 Å². The number of carboxylic acids is 1. The number of amides is 2. The molecule has 3 rings (SSSR count). The maximum absolute atomic E-state index is 12.4. The van der Waals surface area contributed by atoms with Gasteiger partial charge in [0.15, 0.2) is 0 Å². The Morgan fingerprint density at radius 1 is 1.00 bits per heavy atom. The molecule has 0 spiro atoms. The van der Waals surface area contributed by atoms with Crippen molar-refractivity contribution in [2.24, 2.45) is 0 Å². The van der Waals surface area contributed by atoms with Crippen molar-refractivity contribution in [2.45, 2.75) is 31.7 Å². The number of hydrogen-bond acceptors (Lipinski definition) is 5. The zero-order valence-corrected chi connectivity index (χ0v) is 17.1. The van der Waals surface area contributed by atoms with E-state index in [9.17, 15) is 19.2 Å². The van der Waals surface area contributed by atoms with E-state index >= 15 is 0 Å². The van der Waals surface area contributed by atoms with E-state index in [0.717, 1.165) is 22.3 Å². The lowest BCUT2D eigenvalue weighted by molar-refractivity contribution is -0.137. The summed E-state index contributed by atoms with van der Waals surface area (Å²) in [6.07, 6.45) is -1.26. The second kappa shape index (κ2) is 9.88. The summed E-state index contributed by atoms with van der Waals surface area (Å²) in [5.41, 5.74) is 4.29. The number of alkyl carbamates (subject to hydrolysis) is 1. The van der Waals surface area contributed by atoms with E-state index in [2.05, 4.69) is 10.6 Å². The van der Waals surface area contributed by atoms with Crippen LogP contribution in [0.15, 0.2) is 48.5 Å². The average molecular weight is 424 g/mol. The largest absolute Gasteiger partial charge is 0.481 e. The summed E-state index contributed by atoms with van der Waals surface area (Å²) >= 11 is 0. The normalized spacial score (nSPS) is 12.9. The second-order valence-electron chi connectivity index (χ2n) is 7.37. The smallest absolute Gasteiger partial charge is 0.407 e. The summed E-state index contributed by atoms with van der Waals surface area (Å²) in [6, 6.07) is 14.7. The molecule has 8 nitrogen and oxygen atoms in total. The maximum Gasteiger partial charge on any atom is 0.407 e. The lowest BCUT2D eigenvalue weighted by atomic mass is 9.98.